The molecule has 1 fully saturated rings. The molecule has 1 N–H and O–H groups in total. The molecule has 1 aliphatic heterocycles. The Morgan fingerprint density at radius 1 is 1.19 bits per heavy atom. The van der Waals surface area contributed by atoms with E-state index in [1.54, 1.807) is 13.1 Å². The largest absolute Gasteiger partial charge is 0.481 e. The lowest BCUT2D eigenvalue weighted by atomic mass is 10.0. The Bertz CT molecular complexity index is 571. The van der Waals surface area contributed by atoms with Crippen LogP contribution in [0.1, 0.15) is 18.4 Å². The van der Waals surface area contributed by atoms with Crippen LogP contribution in [0.25, 0.3) is 0 Å². The molecule has 0 bridgehead atoms. The standard InChI is InChI=1S/C15H18N2O4/c1-16-9-14(19)17(10-13(16)18)12-7-3-2-5-11(12)6-4-8-15(20)21/h2-3,5,7H,4,6,8-10H2,1H3,(H,20,21). The molecule has 21 heavy (non-hydrogen) atoms. The number of anilines is 1. The van der Waals surface area contributed by atoms with Crippen molar-refractivity contribution in [1.29, 1.82) is 0 Å². The fourth-order valence-electron chi connectivity index (χ4n) is 2.36. The van der Waals surface area contributed by atoms with Crippen molar-refractivity contribution in [3.8, 4) is 0 Å². The van der Waals surface area contributed by atoms with Crippen LogP contribution in [0.5, 0.6) is 0 Å². The first-order valence-corrected chi connectivity index (χ1v) is 6.83. The lowest BCUT2D eigenvalue weighted by Gasteiger charge is -2.32. The zero-order valence-corrected chi connectivity index (χ0v) is 11.9. The molecular weight excluding hydrogens is 272 g/mol. The number of piperazine rings is 1. The molecule has 1 aromatic rings. The fraction of sp³-hybridized carbons (Fsp3) is 0.400. The number of hydrogen-bond acceptors (Lipinski definition) is 3. The van der Waals surface area contributed by atoms with E-state index in [-0.39, 0.29) is 31.3 Å². The summed E-state index contributed by atoms with van der Waals surface area (Å²) in [6, 6.07) is 7.33. The van der Waals surface area contributed by atoms with E-state index >= 15 is 0 Å². The van der Waals surface area contributed by atoms with Crippen LogP contribution in [0, 0.1) is 0 Å². The van der Waals surface area contributed by atoms with Crippen LogP contribution < -0.4 is 4.90 Å². The summed E-state index contributed by atoms with van der Waals surface area (Å²) in [7, 11) is 1.61. The number of aryl methyl sites for hydroxylation is 1. The van der Waals surface area contributed by atoms with Gasteiger partial charge in [-0.1, -0.05) is 18.2 Å². The number of rotatable bonds is 5. The summed E-state index contributed by atoms with van der Waals surface area (Å²) >= 11 is 0. The molecule has 0 saturated carbocycles. The van der Waals surface area contributed by atoms with Crippen LogP contribution in [0.3, 0.4) is 0 Å². The number of likely N-dealkylation sites (N-methyl/N-ethyl adjacent to an activating group) is 1. The zero-order chi connectivity index (χ0) is 15.4. The van der Waals surface area contributed by atoms with Gasteiger partial charge in [0.15, 0.2) is 0 Å². The second-order valence-electron chi connectivity index (χ2n) is 5.11. The van der Waals surface area contributed by atoms with Crippen molar-refractivity contribution in [1.82, 2.24) is 4.90 Å². The highest BCUT2D eigenvalue weighted by molar-refractivity contribution is 6.04. The van der Waals surface area contributed by atoms with Gasteiger partial charge in [-0.15, -0.1) is 0 Å². The van der Waals surface area contributed by atoms with Gasteiger partial charge in [-0.25, -0.2) is 0 Å². The summed E-state index contributed by atoms with van der Waals surface area (Å²) in [5.41, 5.74) is 1.60. The van der Waals surface area contributed by atoms with Crippen molar-refractivity contribution in [3.63, 3.8) is 0 Å². The molecule has 0 aromatic heterocycles. The minimum Gasteiger partial charge on any atom is -0.481 e. The number of hydrogen-bond donors (Lipinski definition) is 1. The lowest BCUT2D eigenvalue weighted by molar-refractivity contribution is -0.137. The highest BCUT2D eigenvalue weighted by Gasteiger charge is 2.29. The molecule has 112 valence electrons. The second-order valence-corrected chi connectivity index (χ2v) is 5.11. The van der Waals surface area contributed by atoms with E-state index in [0.717, 1.165) is 5.56 Å². The van der Waals surface area contributed by atoms with Crippen molar-refractivity contribution in [2.24, 2.45) is 0 Å². The van der Waals surface area contributed by atoms with Crippen LogP contribution in [0.15, 0.2) is 24.3 Å². The summed E-state index contributed by atoms with van der Waals surface area (Å²) in [5.74, 6) is -1.06. The number of carboxylic acid groups (broad SMARTS) is 1. The molecule has 2 amide bonds. The molecule has 0 atom stereocenters. The predicted molar refractivity (Wildman–Crippen MR) is 77.0 cm³/mol. The maximum atomic E-state index is 12.1. The highest BCUT2D eigenvalue weighted by Crippen LogP contribution is 2.24. The Morgan fingerprint density at radius 2 is 1.90 bits per heavy atom. The molecule has 6 nitrogen and oxygen atoms in total. The number of benzene rings is 1. The van der Waals surface area contributed by atoms with Crippen molar-refractivity contribution >= 4 is 23.5 Å². The van der Waals surface area contributed by atoms with E-state index in [1.807, 2.05) is 18.2 Å². The minimum atomic E-state index is -0.835. The maximum absolute atomic E-state index is 12.1. The first kappa shape index (κ1) is 15.0. The average Bonchev–Trinajstić information content (AvgIpc) is 2.43. The summed E-state index contributed by atoms with van der Waals surface area (Å²) in [4.78, 5) is 37.4. The molecule has 1 aliphatic rings. The number of amides is 2. The number of aliphatic carboxylic acids is 1. The number of carbonyl (C=O) groups excluding carboxylic acids is 2. The van der Waals surface area contributed by atoms with E-state index in [2.05, 4.69) is 0 Å². The van der Waals surface area contributed by atoms with Gasteiger partial charge >= 0.3 is 5.97 Å². The molecule has 1 aromatic carbocycles. The first-order valence-electron chi connectivity index (χ1n) is 6.83. The van der Waals surface area contributed by atoms with Crippen molar-refractivity contribution < 1.29 is 19.5 Å². The van der Waals surface area contributed by atoms with Gasteiger partial charge in [-0.3, -0.25) is 14.4 Å². The molecular formula is C15H18N2O4. The maximum Gasteiger partial charge on any atom is 0.303 e. The molecule has 0 unspecified atom stereocenters. The van der Waals surface area contributed by atoms with Crippen LogP contribution >= 0.6 is 0 Å². The van der Waals surface area contributed by atoms with Gasteiger partial charge in [0.05, 0.1) is 6.54 Å². The molecule has 1 heterocycles. The van der Waals surface area contributed by atoms with E-state index in [4.69, 9.17) is 5.11 Å². The summed E-state index contributed by atoms with van der Waals surface area (Å²) < 4.78 is 0. The number of carboxylic acids is 1. The number of para-hydroxylation sites is 1. The van der Waals surface area contributed by atoms with Crippen LogP contribution in [-0.4, -0.2) is 47.9 Å². The predicted octanol–water partition coefficient (Wildman–Crippen LogP) is 0.899. The van der Waals surface area contributed by atoms with Gasteiger partial charge in [0.25, 0.3) is 0 Å². The van der Waals surface area contributed by atoms with Crippen LogP contribution in [0.2, 0.25) is 0 Å². The van der Waals surface area contributed by atoms with Gasteiger partial charge < -0.3 is 14.9 Å². The zero-order valence-electron chi connectivity index (χ0n) is 11.9. The van der Waals surface area contributed by atoms with Gasteiger partial charge in [0, 0.05) is 19.2 Å². The molecule has 0 aliphatic carbocycles. The van der Waals surface area contributed by atoms with Crippen molar-refractivity contribution in [3.05, 3.63) is 29.8 Å². The monoisotopic (exact) mass is 290 g/mol. The SMILES string of the molecule is CN1CC(=O)N(c2ccccc2CCCC(=O)O)CC1=O. The Hall–Kier alpha value is -2.37. The van der Waals surface area contributed by atoms with E-state index in [9.17, 15) is 14.4 Å². The van der Waals surface area contributed by atoms with Crippen molar-refractivity contribution in [2.75, 3.05) is 25.0 Å². The Labute approximate surface area is 123 Å². The fourth-order valence-corrected chi connectivity index (χ4v) is 2.36. The van der Waals surface area contributed by atoms with Gasteiger partial charge in [0.2, 0.25) is 11.8 Å². The van der Waals surface area contributed by atoms with E-state index in [1.165, 1.54) is 9.80 Å². The van der Waals surface area contributed by atoms with Crippen molar-refractivity contribution in [2.45, 2.75) is 19.3 Å². The molecule has 6 heteroatoms. The van der Waals surface area contributed by atoms with Gasteiger partial charge in [0.1, 0.15) is 6.54 Å². The average molecular weight is 290 g/mol. The van der Waals surface area contributed by atoms with E-state index < -0.39 is 5.97 Å². The third kappa shape index (κ3) is 3.59. The quantitative estimate of drug-likeness (QED) is 0.874. The topological polar surface area (TPSA) is 77.9 Å². The lowest BCUT2D eigenvalue weighted by Crippen LogP contribution is -2.52. The smallest absolute Gasteiger partial charge is 0.303 e. The van der Waals surface area contributed by atoms with E-state index in [0.29, 0.717) is 18.5 Å². The summed E-state index contributed by atoms with van der Waals surface area (Å²) in [6.07, 6.45) is 1.16. The van der Waals surface area contributed by atoms with Crippen LogP contribution in [0.4, 0.5) is 5.69 Å². The number of carbonyl (C=O) groups is 3. The Balaban J connectivity index is 2.17. The third-order valence-corrected chi connectivity index (χ3v) is 3.51. The van der Waals surface area contributed by atoms with Crippen LogP contribution in [-0.2, 0) is 20.8 Å². The third-order valence-electron chi connectivity index (χ3n) is 3.51. The number of nitrogens with zero attached hydrogens (tertiary/aromatic N) is 2. The first-order chi connectivity index (χ1) is 9.99. The Morgan fingerprint density at radius 3 is 2.62 bits per heavy atom. The molecule has 0 radical (unpaired) electrons. The molecule has 2 rings (SSSR count). The summed E-state index contributed by atoms with van der Waals surface area (Å²) in [5, 5.41) is 8.70. The molecule has 1 saturated heterocycles. The van der Waals surface area contributed by atoms with Gasteiger partial charge in [-0.05, 0) is 24.5 Å². The van der Waals surface area contributed by atoms with Gasteiger partial charge in [-0.2, -0.15) is 0 Å². The Kier molecular flexibility index (Phi) is 4.57. The highest BCUT2D eigenvalue weighted by atomic mass is 16.4. The normalized spacial score (nSPS) is 15.5. The second kappa shape index (κ2) is 6.39. The minimum absolute atomic E-state index is 0.0330. The summed E-state index contributed by atoms with van der Waals surface area (Å²) in [6.45, 7) is 0.105. The molecule has 0 spiro atoms.